The van der Waals surface area contributed by atoms with E-state index in [9.17, 15) is 14.4 Å². The first-order valence-electron chi connectivity index (χ1n) is 27.9. The Morgan fingerprint density at radius 3 is 0.897 bits per heavy atom. The largest absolute Gasteiger partial charge is 0.462 e. The molecule has 0 radical (unpaired) electrons. The van der Waals surface area contributed by atoms with Crippen LogP contribution in [0.5, 0.6) is 0 Å². The highest BCUT2D eigenvalue weighted by Gasteiger charge is 2.19. The molecule has 0 aliphatic carbocycles. The van der Waals surface area contributed by atoms with Crippen molar-refractivity contribution in [3.05, 3.63) is 109 Å². The standard InChI is InChI=1S/C62H102O6/c1-4-7-10-13-16-19-21-23-25-27-29-31-33-35-37-39-41-43-46-49-52-55-61(64)67-58-59(57-66-60(63)54-51-48-45-18-15-12-9-6-3)68-62(65)56-53-50-47-44-42-40-38-36-34-32-30-28-26-24-22-20-17-14-11-8-5-2/h7-8,10-11,16-17,19-20,23-26,29-32,35,37,59H,4-6,9,12-15,18,21-22,27-28,33-34,36,38-58H2,1-3H3/b10-7-,11-8-,19-16-,20-17-,25-23-,26-24-,31-29-,32-30-,37-35-. The minimum absolute atomic E-state index is 0.0883. The molecule has 0 saturated carbocycles. The molecule has 0 saturated heterocycles. The summed E-state index contributed by atoms with van der Waals surface area (Å²) < 4.78 is 16.8. The van der Waals surface area contributed by atoms with Gasteiger partial charge in [-0.15, -0.1) is 0 Å². The van der Waals surface area contributed by atoms with Crippen LogP contribution < -0.4 is 0 Å². The molecule has 6 heteroatoms. The van der Waals surface area contributed by atoms with Crippen LogP contribution >= 0.6 is 0 Å². The monoisotopic (exact) mass is 943 g/mol. The zero-order valence-corrected chi connectivity index (χ0v) is 44.1. The summed E-state index contributed by atoms with van der Waals surface area (Å²) in [5.41, 5.74) is 0. The molecular weight excluding hydrogens is 841 g/mol. The summed E-state index contributed by atoms with van der Waals surface area (Å²) in [6.45, 7) is 6.36. The molecule has 0 amide bonds. The van der Waals surface area contributed by atoms with E-state index in [4.69, 9.17) is 14.2 Å². The van der Waals surface area contributed by atoms with Crippen molar-refractivity contribution < 1.29 is 28.6 Å². The molecule has 0 N–H and O–H groups in total. The molecular formula is C62H102O6. The van der Waals surface area contributed by atoms with Crippen LogP contribution in [0.25, 0.3) is 0 Å². The third-order valence-electron chi connectivity index (χ3n) is 11.5. The molecule has 0 heterocycles. The molecule has 0 fully saturated rings. The fourth-order valence-electron chi connectivity index (χ4n) is 7.40. The van der Waals surface area contributed by atoms with Crippen LogP contribution in [0.1, 0.15) is 245 Å². The number of esters is 3. The van der Waals surface area contributed by atoms with Crippen LogP contribution in [0, 0.1) is 0 Å². The van der Waals surface area contributed by atoms with Gasteiger partial charge in [0, 0.05) is 19.3 Å². The Kier molecular flexibility index (Phi) is 52.4. The van der Waals surface area contributed by atoms with Gasteiger partial charge in [0.15, 0.2) is 6.10 Å². The second-order valence-corrected chi connectivity index (χ2v) is 18.1. The van der Waals surface area contributed by atoms with E-state index in [-0.39, 0.29) is 31.1 Å². The Balaban J connectivity index is 4.33. The van der Waals surface area contributed by atoms with Gasteiger partial charge in [0.1, 0.15) is 13.2 Å². The molecule has 0 aliphatic heterocycles. The first kappa shape index (κ1) is 64.1. The van der Waals surface area contributed by atoms with Gasteiger partial charge in [-0.2, -0.15) is 0 Å². The summed E-state index contributed by atoms with van der Waals surface area (Å²) in [7, 11) is 0. The van der Waals surface area contributed by atoms with Gasteiger partial charge in [-0.1, -0.05) is 233 Å². The summed E-state index contributed by atoms with van der Waals surface area (Å²) in [5.74, 6) is -0.921. The number of allylic oxidation sites excluding steroid dienone is 18. The third-order valence-corrected chi connectivity index (χ3v) is 11.5. The molecule has 0 aromatic rings. The Bertz CT molecular complexity index is 1410. The molecule has 0 aromatic heterocycles. The van der Waals surface area contributed by atoms with Crippen LogP contribution in [0.15, 0.2) is 109 Å². The maximum Gasteiger partial charge on any atom is 0.306 e. The van der Waals surface area contributed by atoms with Gasteiger partial charge in [-0.25, -0.2) is 0 Å². The Morgan fingerprint density at radius 2 is 0.574 bits per heavy atom. The maximum atomic E-state index is 12.8. The van der Waals surface area contributed by atoms with E-state index >= 15 is 0 Å². The lowest BCUT2D eigenvalue weighted by atomic mass is 10.1. The lowest BCUT2D eigenvalue weighted by molar-refractivity contribution is -0.167. The van der Waals surface area contributed by atoms with Crippen LogP contribution in [-0.4, -0.2) is 37.2 Å². The van der Waals surface area contributed by atoms with E-state index in [2.05, 4.69) is 130 Å². The van der Waals surface area contributed by atoms with Crippen LogP contribution in [0.3, 0.4) is 0 Å². The number of unbranched alkanes of at least 4 members (excludes halogenated alkanes) is 20. The summed E-state index contributed by atoms with van der Waals surface area (Å²) >= 11 is 0. The SMILES string of the molecule is CC/C=C\C/C=C\C/C=C\C/C=C\C/C=C\CCCCCCCC(=O)OCC(COC(=O)CCCCCCCCCC)OC(=O)CCCCCCCCCC/C=C\C/C=C\C/C=C\C/C=C\CC. The van der Waals surface area contributed by atoms with Crippen molar-refractivity contribution in [2.45, 2.75) is 252 Å². The lowest BCUT2D eigenvalue weighted by Crippen LogP contribution is -2.30. The van der Waals surface area contributed by atoms with E-state index in [1.165, 1.54) is 64.2 Å². The zero-order chi connectivity index (χ0) is 49.3. The van der Waals surface area contributed by atoms with Crippen LogP contribution in [0.4, 0.5) is 0 Å². The highest BCUT2D eigenvalue weighted by Crippen LogP contribution is 2.14. The van der Waals surface area contributed by atoms with Crippen LogP contribution in [-0.2, 0) is 28.6 Å². The molecule has 0 aromatic carbocycles. The van der Waals surface area contributed by atoms with Crippen molar-refractivity contribution in [3.63, 3.8) is 0 Å². The van der Waals surface area contributed by atoms with Crippen molar-refractivity contribution in [3.8, 4) is 0 Å². The van der Waals surface area contributed by atoms with Gasteiger partial charge in [0.05, 0.1) is 0 Å². The van der Waals surface area contributed by atoms with Crippen molar-refractivity contribution in [2.24, 2.45) is 0 Å². The smallest absolute Gasteiger partial charge is 0.306 e. The summed E-state index contributed by atoms with van der Waals surface area (Å²) in [4.78, 5) is 38.0. The number of hydrogen-bond donors (Lipinski definition) is 0. The van der Waals surface area contributed by atoms with Crippen molar-refractivity contribution in [2.75, 3.05) is 13.2 Å². The average molecular weight is 943 g/mol. The molecule has 0 bridgehead atoms. The number of carbonyl (C=O) groups is 3. The summed E-state index contributed by atoms with van der Waals surface area (Å²) in [6.07, 6.45) is 75.1. The second-order valence-electron chi connectivity index (χ2n) is 18.1. The van der Waals surface area contributed by atoms with Gasteiger partial charge in [0.2, 0.25) is 0 Å². The maximum absolute atomic E-state index is 12.8. The first-order valence-corrected chi connectivity index (χ1v) is 27.9. The fourth-order valence-corrected chi connectivity index (χ4v) is 7.40. The van der Waals surface area contributed by atoms with Gasteiger partial charge in [0.25, 0.3) is 0 Å². The molecule has 0 rings (SSSR count). The van der Waals surface area contributed by atoms with Gasteiger partial charge < -0.3 is 14.2 Å². The molecule has 68 heavy (non-hydrogen) atoms. The minimum atomic E-state index is -0.790. The van der Waals surface area contributed by atoms with Gasteiger partial charge >= 0.3 is 17.9 Å². The fraction of sp³-hybridized carbons (Fsp3) is 0.661. The van der Waals surface area contributed by atoms with E-state index in [0.29, 0.717) is 19.3 Å². The highest BCUT2D eigenvalue weighted by atomic mass is 16.6. The minimum Gasteiger partial charge on any atom is -0.462 e. The Hall–Kier alpha value is -3.93. The average Bonchev–Trinajstić information content (AvgIpc) is 3.34. The van der Waals surface area contributed by atoms with Gasteiger partial charge in [-0.3, -0.25) is 14.4 Å². The number of carbonyl (C=O) groups excluding carboxylic acids is 3. The lowest BCUT2D eigenvalue weighted by Gasteiger charge is -2.18. The first-order chi connectivity index (χ1) is 33.5. The van der Waals surface area contributed by atoms with Crippen molar-refractivity contribution in [1.82, 2.24) is 0 Å². The quantitative estimate of drug-likeness (QED) is 0.0262. The van der Waals surface area contributed by atoms with Crippen molar-refractivity contribution >= 4 is 17.9 Å². The number of hydrogen-bond acceptors (Lipinski definition) is 6. The Morgan fingerprint density at radius 1 is 0.309 bits per heavy atom. The van der Waals surface area contributed by atoms with Crippen molar-refractivity contribution in [1.29, 1.82) is 0 Å². The molecule has 386 valence electrons. The second kappa shape index (κ2) is 55.7. The summed E-state index contributed by atoms with van der Waals surface area (Å²) in [5, 5.41) is 0. The molecule has 6 nitrogen and oxygen atoms in total. The third kappa shape index (κ3) is 53.0. The van der Waals surface area contributed by atoms with Crippen LogP contribution in [0.2, 0.25) is 0 Å². The molecule has 0 aliphatic rings. The molecule has 1 unspecified atom stereocenters. The van der Waals surface area contributed by atoms with E-state index in [1.807, 2.05) is 0 Å². The van der Waals surface area contributed by atoms with E-state index < -0.39 is 6.10 Å². The molecule has 0 spiro atoms. The zero-order valence-electron chi connectivity index (χ0n) is 44.1. The normalized spacial score (nSPS) is 12.9. The predicted molar refractivity (Wildman–Crippen MR) is 293 cm³/mol. The molecule has 1 atom stereocenters. The van der Waals surface area contributed by atoms with E-state index in [0.717, 1.165) is 141 Å². The predicted octanol–water partition coefficient (Wildman–Crippen LogP) is 18.7. The number of ether oxygens (including phenoxy) is 3. The van der Waals surface area contributed by atoms with E-state index in [1.54, 1.807) is 0 Å². The summed E-state index contributed by atoms with van der Waals surface area (Å²) in [6, 6.07) is 0. The highest BCUT2D eigenvalue weighted by molar-refractivity contribution is 5.71. The van der Waals surface area contributed by atoms with Gasteiger partial charge in [-0.05, 0) is 103 Å². The number of rotatable bonds is 49. The Labute approximate surface area is 419 Å². The topological polar surface area (TPSA) is 78.9 Å².